The molecule has 0 aromatic heterocycles. The standard InChI is InChI=1S/C15H21N3O2/c1-2-3-15(17-16-12-19)13-4-6-14(7-5-13)18-8-10-20-11-9-18/h4-7,12H,2-3,8-11H2,1H3,(H,16,19)/b17-15+. The van der Waals surface area contributed by atoms with E-state index in [1.807, 2.05) is 0 Å². The first kappa shape index (κ1) is 14.5. The van der Waals surface area contributed by atoms with E-state index in [1.54, 1.807) is 0 Å². The van der Waals surface area contributed by atoms with E-state index >= 15 is 0 Å². The Labute approximate surface area is 119 Å². The molecule has 0 spiro atoms. The molecule has 1 aliphatic heterocycles. The molecule has 108 valence electrons. The van der Waals surface area contributed by atoms with Crippen LogP contribution in [-0.4, -0.2) is 38.4 Å². The largest absolute Gasteiger partial charge is 0.378 e. The molecule has 1 aliphatic rings. The molecule has 5 nitrogen and oxygen atoms in total. The maximum absolute atomic E-state index is 10.4. The van der Waals surface area contributed by atoms with Gasteiger partial charge in [0.1, 0.15) is 0 Å². The van der Waals surface area contributed by atoms with Gasteiger partial charge in [-0.2, -0.15) is 5.10 Å². The first-order valence-corrected chi connectivity index (χ1v) is 7.04. The van der Waals surface area contributed by atoms with Crippen molar-refractivity contribution in [2.24, 2.45) is 5.10 Å². The number of rotatable bonds is 6. The third-order valence-electron chi connectivity index (χ3n) is 3.32. The maximum Gasteiger partial charge on any atom is 0.227 e. The van der Waals surface area contributed by atoms with E-state index in [4.69, 9.17) is 4.74 Å². The van der Waals surface area contributed by atoms with Crippen LogP contribution in [0.15, 0.2) is 29.4 Å². The highest BCUT2D eigenvalue weighted by atomic mass is 16.5. The van der Waals surface area contributed by atoms with E-state index in [2.05, 4.69) is 46.6 Å². The smallest absolute Gasteiger partial charge is 0.227 e. The van der Waals surface area contributed by atoms with Crippen LogP contribution in [0, 0.1) is 0 Å². The molecule has 1 heterocycles. The van der Waals surface area contributed by atoms with Gasteiger partial charge in [-0.05, 0) is 24.1 Å². The molecule has 0 radical (unpaired) electrons. The van der Waals surface area contributed by atoms with Gasteiger partial charge < -0.3 is 9.64 Å². The molecule has 1 aromatic carbocycles. The summed E-state index contributed by atoms with van der Waals surface area (Å²) in [5.74, 6) is 0. The lowest BCUT2D eigenvalue weighted by Crippen LogP contribution is -2.36. The Bertz CT molecular complexity index is 451. The summed E-state index contributed by atoms with van der Waals surface area (Å²) < 4.78 is 5.36. The minimum Gasteiger partial charge on any atom is -0.378 e. The second-order valence-corrected chi connectivity index (χ2v) is 4.70. The van der Waals surface area contributed by atoms with Gasteiger partial charge in [-0.1, -0.05) is 25.5 Å². The Balaban J connectivity index is 2.10. The molecule has 1 fully saturated rings. The summed E-state index contributed by atoms with van der Waals surface area (Å²) in [7, 11) is 0. The zero-order valence-electron chi connectivity index (χ0n) is 11.8. The third-order valence-corrected chi connectivity index (χ3v) is 3.32. The predicted octanol–water partition coefficient (Wildman–Crippen LogP) is 1.77. The number of hydrogen-bond donors (Lipinski definition) is 1. The molecule has 0 saturated carbocycles. The molecule has 5 heteroatoms. The van der Waals surface area contributed by atoms with Crippen molar-refractivity contribution in [1.29, 1.82) is 0 Å². The van der Waals surface area contributed by atoms with Gasteiger partial charge in [0.15, 0.2) is 0 Å². The Hall–Kier alpha value is -1.88. The fourth-order valence-electron chi connectivity index (χ4n) is 2.29. The molecule has 0 bridgehead atoms. The van der Waals surface area contributed by atoms with Crippen LogP contribution in [0.2, 0.25) is 0 Å². The number of nitrogens with one attached hydrogen (secondary N) is 1. The van der Waals surface area contributed by atoms with Crippen LogP contribution >= 0.6 is 0 Å². The van der Waals surface area contributed by atoms with Crippen LogP contribution in [0.1, 0.15) is 25.3 Å². The number of morpholine rings is 1. The fourth-order valence-corrected chi connectivity index (χ4v) is 2.29. The van der Waals surface area contributed by atoms with Gasteiger partial charge in [0, 0.05) is 18.8 Å². The first-order valence-electron chi connectivity index (χ1n) is 7.04. The topological polar surface area (TPSA) is 53.9 Å². The molecule has 20 heavy (non-hydrogen) atoms. The van der Waals surface area contributed by atoms with Crippen LogP contribution in [-0.2, 0) is 9.53 Å². The molecule has 2 rings (SSSR count). The number of carbonyl (C=O) groups is 1. The third kappa shape index (κ3) is 3.81. The first-order chi connectivity index (χ1) is 9.85. The van der Waals surface area contributed by atoms with E-state index in [0.29, 0.717) is 6.41 Å². The number of anilines is 1. The second kappa shape index (κ2) is 7.65. The van der Waals surface area contributed by atoms with Gasteiger partial charge in [0.2, 0.25) is 6.41 Å². The number of amides is 1. The number of hydrogen-bond acceptors (Lipinski definition) is 4. The van der Waals surface area contributed by atoms with Gasteiger partial charge in [0.05, 0.1) is 18.9 Å². The molecule has 1 amide bonds. The monoisotopic (exact) mass is 275 g/mol. The highest BCUT2D eigenvalue weighted by Gasteiger charge is 2.11. The number of hydrazone groups is 1. The van der Waals surface area contributed by atoms with E-state index < -0.39 is 0 Å². The highest BCUT2D eigenvalue weighted by Crippen LogP contribution is 2.18. The summed E-state index contributed by atoms with van der Waals surface area (Å²) in [5.41, 5.74) is 5.56. The highest BCUT2D eigenvalue weighted by molar-refractivity contribution is 6.00. The van der Waals surface area contributed by atoms with Crippen molar-refractivity contribution in [3.63, 3.8) is 0 Å². The Kier molecular flexibility index (Phi) is 5.55. The Morgan fingerprint density at radius 2 is 2.05 bits per heavy atom. The predicted molar refractivity (Wildman–Crippen MR) is 80.1 cm³/mol. The van der Waals surface area contributed by atoms with E-state index in [0.717, 1.165) is 50.4 Å². The van der Waals surface area contributed by atoms with E-state index in [-0.39, 0.29) is 0 Å². The van der Waals surface area contributed by atoms with Crippen LogP contribution in [0.25, 0.3) is 0 Å². The zero-order valence-corrected chi connectivity index (χ0v) is 11.8. The Morgan fingerprint density at radius 3 is 2.65 bits per heavy atom. The quantitative estimate of drug-likeness (QED) is 0.489. The van der Waals surface area contributed by atoms with Gasteiger partial charge in [-0.15, -0.1) is 0 Å². The molecule has 0 aliphatic carbocycles. The average Bonchev–Trinajstić information content (AvgIpc) is 2.52. The lowest BCUT2D eigenvalue weighted by Gasteiger charge is -2.28. The van der Waals surface area contributed by atoms with Crippen molar-refractivity contribution in [2.45, 2.75) is 19.8 Å². The van der Waals surface area contributed by atoms with Crippen LogP contribution < -0.4 is 10.3 Å². The molecular formula is C15H21N3O2. The lowest BCUT2D eigenvalue weighted by atomic mass is 10.1. The SMILES string of the molecule is CCC/C(=N\NC=O)c1ccc(N2CCOCC2)cc1. The van der Waals surface area contributed by atoms with Gasteiger partial charge in [0.25, 0.3) is 0 Å². The summed E-state index contributed by atoms with van der Waals surface area (Å²) in [6.07, 6.45) is 2.43. The average molecular weight is 275 g/mol. The summed E-state index contributed by atoms with van der Waals surface area (Å²) >= 11 is 0. The maximum atomic E-state index is 10.4. The zero-order chi connectivity index (χ0) is 14.2. The number of carbonyl (C=O) groups excluding carboxylic acids is 1. The Morgan fingerprint density at radius 1 is 1.35 bits per heavy atom. The molecule has 0 atom stereocenters. The number of benzene rings is 1. The molecule has 0 unspecified atom stereocenters. The van der Waals surface area contributed by atoms with Gasteiger partial charge in [-0.25, -0.2) is 5.43 Å². The summed E-state index contributed by atoms with van der Waals surface area (Å²) in [6, 6.07) is 8.33. The minimum absolute atomic E-state index is 0.595. The summed E-state index contributed by atoms with van der Waals surface area (Å²) in [5, 5.41) is 4.11. The number of nitrogens with zero attached hydrogens (tertiary/aromatic N) is 2. The van der Waals surface area contributed by atoms with Crippen molar-refractivity contribution < 1.29 is 9.53 Å². The molecular weight excluding hydrogens is 254 g/mol. The van der Waals surface area contributed by atoms with E-state index in [1.165, 1.54) is 5.69 Å². The van der Waals surface area contributed by atoms with Crippen molar-refractivity contribution >= 4 is 17.8 Å². The van der Waals surface area contributed by atoms with Gasteiger partial charge in [-0.3, -0.25) is 4.79 Å². The van der Waals surface area contributed by atoms with Crippen molar-refractivity contribution in [2.75, 3.05) is 31.2 Å². The van der Waals surface area contributed by atoms with Crippen molar-refractivity contribution in [3.8, 4) is 0 Å². The molecule has 1 aromatic rings. The van der Waals surface area contributed by atoms with Gasteiger partial charge >= 0.3 is 0 Å². The fraction of sp³-hybridized carbons (Fsp3) is 0.467. The summed E-state index contributed by atoms with van der Waals surface area (Å²) in [4.78, 5) is 12.7. The minimum atomic E-state index is 0.595. The van der Waals surface area contributed by atoms with Crippen LogP contribution in [0.5, 0.6) is 0 Å². The second-order valence-electron chi connectivity index (χ2n) is 4.70. The van der Waals surface area contributed by atoms with Crippen LogP contribution in [0.3, 0.4) is 0 Å². The number of ether oxygens (including phenoxy) is 1. The van der Waals surface area contributed by atoms with E-state index in [9.17, 15) is 4.79 Å². The normalized spacial score (nSPS) is 16.1. The van der Waals surface area contributed by atoms with Crippen molar-refractivity contribution in [1.82, 2.24) is 5.43 Å². The van der Waals surface area contributed by atoms with Crippen molar-refractivity contribution in [3.05, 3.63) is 29.8 Å². The van der Waals surface area contributed by atoms with Crippen LogP contribution in [0.4, 0.5) is 5.69 Å². The molecule has 1 N–H and O–H groups in total. The lowest BCUT2D eigenvalue weighted by molar-refractivity contribution is -0.109. The molecule has 1 saturated heterocycles. The summed E-state index contributed by atoms with van der Waals surface area (Å²) in [6.45, 7) is 5.53.